The van der Waals surface area contributed by atoms with Gasteiger partial charge in [-0.05, 0) is 64.6 Å². The van der Waals surface area contributed by atoms with E-state index in [1.54, 1.807) is 0 Å². The quantitative estimate of drug-likeness (QED) is 0.278. The molecule has 0 radical (unpaired) electrons. The van der Waals surface area contributed by atoms with Gasteiger partial charge in [-0.1, -0.05) is 39.5 Å². The Hall–Kier alpha value is 0.458. The Balaban J connectivity index is 3.13. The normalized spacial score (nSPS) is 28.4. The van der Waals surface area contributed by atoms with E-state index in [-0.39, 0.29) is 5.60 Å². The van der Waals surface area contributed by atoms with Crippen LogP contribution in [0, 0.1) is 0 Å². The van der Waals surface area contributed by atoms with Gasteiger partial charge < -0.3 is 8.54 Å². The molecule has 25 heavy (non-hydrogen) atoms. The highest BCUT2D eigenvalue weighted by molar-refractivity contribution is 7.67. The van der Waals surface area contributed by atoms with E-state index in [1.807, 2.05) is 0 Å². The highest BCUT2D eigenvalue weighted by atomic mass is 29.7. The zero-order chi connectivity index (χ0) is 19.6. The molecule has 1 aliphatic rings. The van der Waals surface area contributed by atoms with E-state index < -0.39 is 31.1 Å². The van der Waals surface area contributed by atoms with E-state index in [4.69, 9.17) is 8.54 Å². The van der Waals surface area contributed by atoms with Crippen molar-refractivity contribution in [3.8, 4) is 0 Å². The van der Waals surface area contributed by atoms with Crippen LogP contribution in [0.1, 0.15) is 40.0 Å². The standard InChI is InChI=1S/C18H43NO2Si4/c1-11-12-14-19-15-13-16-25(21-22(4,5)6)20-18(2,3)17-23(7,8)24(25,9)10/h15H,11-14,16-17H2,1-10H3/b19-15+. The summed E-state index contributed by atoms with van der Waals surface area (Å²) >= 11 is 0. The lowest BCUT2D eigenvalue weighted by Crippen LogP contribution is -2.82. The fourth-order valence-electron chi connectivity index (χ4n) is 4.15. The first kappa shape index (κ1) is 23.5. The molecule has 3 nitrogen and oxygen atoms in total. The van der Waals surface area contributed by atoms with Gasteiger partial charge in [0, 0.05) is 14.1 Å². The summed E-state index contributed by atoms with van der Waals surface area (Å²) in [6.45, 7) is 25.2. The summed E-state index contributed by atoms with van der Waals surface area (Å²) in [7, 11) is -6.78. The van der Waals surface area contributed by atoms with Crippen molar-refractivity contribution in [1.29, 1.82) is 0 Å². The number of nitrogens with zero attached hydrogens (tertiary/aromatic N) is 1. The Morgan fingerprint density at radius 2 is 1.76 bits per heavy atom. The molecule has 0 aromatic carbocycles. The van der Waals surface area contributed by atoms with Gasteiger partial charge in [0.1, 0.15) is 7.11 Å². The minimum Gasteiger partial charge on any atom is -0.439 e. The molecular formula is C18H43NO2Si4. The average Bonchev–Trinajstić information content (AvgIpc) is 2.37. The smallest absolute Gasteiger partial charge is 0.304 e. The summed E-state index contributed by atoms with van der Waals surface area (Å²) in [6.07, 6.45) is 5.58. The summed E-state index contributed by atoms with van der Waals surface area (Å²) in [5.74, 6) is 0. The molecule has 1 saturated heterocycles. The van der Waals surface area contributed by atoms with Crippen molar-refractivity contribution in [3.63, 3.8) is 0 Å². The van der Waals surface area contributed by atoms with Crippen molar-refractivity contribution in [2.45, 2.75) is 104 Å². The third kappa shape index (κ3) is 5.97. The van der Waals surface area contributed by atoms with Crippen LogP contribution in [-0.2, 0) is 8.54 Å². The van der Waals surface area contributed by atoms with Crippen LogP contribution in [0.25, 0.3) is 0 Å². The first-order valence-electron chi connectivity index (χ1n) is 10.1. The minimum absolute atomic E-state index is 0.0243. The molecular weight excluding hydrogens is 375 g/mol. The van der Waals surface area contributed by atoms with Crippen LogP contribution in [0.3, 0.4) is 0 Å². The molecule has 1 rings (SSSR count). The number of rotatable bonds is 8. The average molecular weight is 418 g/mol. The van der Waals surface area contributed by atoms with Crippen molar-refractivity contribution in [3.05, 3.63) is 0 Å². The van der Waals surface area contributed by atoms with Crippen molar-refractivity contribution in [2.24, 2.45) is 4.99 Å². The van der Waals surface area contributed by atoms with Crippen LogP contribution >= 0.6 is 0 Å². The maximum atomic E-state index is 7.07. The van der Waals surface area contributed by atoms with Gasteiger partial charge in [0.05, 0.1) is 5.60 Å². The van der Waals surface area contributed by atoms with E-state index in [0.29, 0.717) is 0 Å². The molecule has 0 N–H and O–H groups in total. The van der Waals surface area contributed by atoms with Gasteiger partial charge in [0.2, 0.25) is 0 Å². The second-order valence-electron chi connectivity index (χ2n) is 10.5. The van der Waals surface area contributed by atoms with E-state index in [0.717, 1.165) is 19.0 Å². The lowest BCUT2D eigenvalue weighted by molar-refractivity contribution is 0.0915. The summed E-state index contributed by atoms with van der Waals surface area (Å²) < 4.78 is 14.1. The third-order valence-electron chi connectivity index (χ3n) is 5.80. The highest BCUT2D eigenvalue weighted by Crippen LogP contribution is 2.47. The molecule has 1 aliphatic heterocycles. The molecule has 1 heterocycles. The Kier molecular flexibility index (Phi) is 7.73. The third-order valence-corrected chi connectivity index (χ3v) is 46.3. The fourth-order valence-corrected chi connectivity index (χ4v) is 43.7. The zero-order valence-electron chi connectivity index (χ0n) is 18.6. The Morgan fingerprint density at radius 1 is 1.16 bits per heavy atom. The van der Waals surface area contributed by atoms with Crippen molar-refractivity contribution in [1.82, 2.24) is 0 Å². The molecule has 0 amide bonds. The Morgan fingerprint density at radius 3 is 2.28 bits per heavy atom. The molecule has 0 bridgehead atoms. The molecule has 0 aliphatic carbocycles. The van der Waals surface area contributed by atoms with E-state index in [9.17, 15) is 0 Å². The number of hydrogen-bond donors (Lipinski definition) is 0. The summed E-state index contributed by atoms with van der Waals surface area (Å²) in [5.41, 5.74) is -0.0243. The van der Waals surface area contributed by atoms with Crippen LogP contribution < -0.4 is 0 Å². The molecule has 1 unspecified atom stereocenters. The Labute approximate surface area is 161 Å². The largest absolute Gasteiger partial charge is 0.439 e. The van der Waals surface area contributed by atoms with Crippen LogP contribution in [0.2, 0.25) is 57.9 Å². The van der Waals surface area contributed by atoms with Gasteiger partial charge in [-0.15, -0.1) is 0 Å². The maximum absolute atomic E-state index is 7.07. The minimum atomic E-state index is -2.21. The predicted molar refractivity (Wildman–Crippen MR) is 123 cm³/mol. The molecule has 1 fully saturated rings. The van der Waals surface area contributed by atoms with Crippen LogP contribution in [-0.4, -0.2) is 49.5 Å². The molecule has 0 aromatic heterocycles. The van der Waals surface area contributed by atoms with Crippen molar-refractivity contribution < 1.29 is 8.54 Å². The fraction of sp³-hybridized carbons (Fsp3) is 0.944. The Bertz CT molecular complexity index is 468. The summed E-state index contributed by atoms with van der Waals surface area (Å²) in [6, 6.07) is 2.37. The molecule has 0 spiro atoms. The monoisotopic (exact) mass is 417 g/mol. The van der Waals surface area contributed by atoms with E-state index in [2.05, 4.69) is 77.8 Å². The van der Waals surface area contributed by atoms with Crippen molar-refractivity contribution >= 4 is 37.3 Å². The molecule has 148 valence electrons. The van der Waals surface area contributed by atoms with Crippen molar-refractivity contribution in [2.75, 3.05) is 6.54 Å². The van der Waals surface area contributed by atoms with Gasteiger partial charge in [0.15, 0.2) is 8.32 Å². The predicted octanol–water partition coefficient (Wildman–Crippen LogP) is 5.92. The van der Waals surface area contributed by atoms with Gasteiger partial charge in [-0.25, -0.2) is 0 Å². The zero-order valence-corrected chi connectivity index (χ0v) is 22.6. The lowest BCUT2D eigenvalue weighted by atomic mass is 10.2. The SMILES string of the molecule is CCCC/N=C/CC[Si]1(O[Si](C)(C)C)OC(C)(C)C[Si](C)(C)[Si]1(C)C. The number of unbranched alkanes of at least 4 members (excludes halogenated alkanes) is 1. The highest BCUT2D eigenvalue weighted by Gasteiger charge is 2.67. The summed E-state index contributed by atoms with van der Waals surface area (Å²) in [4.78, 5) is 4.62. The van der Waals surface area contributed by atoms with Gasteiger partial charge in [-0.3, -0.25) is 4.99 Å². The van der Waals surface area contributed by atoms with Crippen LogP contribution in [0.4, 0.5) is 0 Å². The van der Waals surface area contributed by atoms with Gasteiger partial charge >= 0.3 is 8.08 Å². The first-order chi connectivity index (χ1) is 11.2. The maximum Gasteiger partial charge on any atom is 0.304 e. The van der Waals surface area contributed by atoms with Crippen LogP contribution in [0.5, 0.6) is 0 Å². The number of aliphatic imine (C=N–C) groups is 1. The molecule has 7 heteroatoms. The molecule has 0 aromatic rings. The van der Waals surface area contributed by atoms with E-state index >= 15 is 0 Å². The second-order valence-corrected chi connectivity index (χ2v) is 40.5. The molecule has 1 atom stereocenters. The topological polar surface area (TPSA) is 30.8 Å². The first-order valence-corrected chi connectivity index (χ1v) is 23.7. The van der Waals surface area contributed by atoms with Gasteiger partial charge in [-0.2, -0.15) is 0 Å². The lowest BCUT2D eigenvalue weighted by Gasteiger charge is -2.60. The second kappa shape index (κ2) is 8.22. The van der Waals surface area contributed by atoms with E-state index in [1.165, 1.54) is 18.9 Å². The van der Waals surface area contributed by atoms with Gasteiger partial charge in [0.25, 0.3) is 0 Å². The summed E-state index contributed by atoms with van der Waals surface area (Å²) in [5, 5.41) is 0. The van der Waals surface area contributed by atoms with Crippen LogP contribution in [0.15, 0.2) is 4.99 Å². The number of hydrogen-bond acceptors (Lipinski definition) is 3. The molecule has 0 saturated carbocycles.